The van der Waals surface area contributed by atoms with Gasteiger partial charge in [-0.25, -0.2) is 0 Å². The summed E-state index contributed by atoms with van der Waals surface area (Å²) in [6.45, 7) is 2.85. The zero-order valence-electron chi connectivity index (χ0n) is 11.6. The molecule has 0 bridgehead atoms. The highest BCUT2D eigenvalue weighted by Gasteiger charge is 2.02. The van der Waals surface area contributed by atoms with E-state index in [2.05, 4.69) is 4.99 Å². The monoisotopic (exact) mass is 359 g/mol. The summed E-state index contributed by atoms with van der Waals surface area (Å²) in [5, 5.41) is 0. The summed E-state index contributed by atoms with van der Waals surface area (Å²) in [5.74, 6) is 0.983. The third-order valence-electron chi connectivity index (χ3n) is 1.93. The summed E-state index contributed by atoms with van der Waals surface area (Å²) >= 11 is 0. The second-order valence-electron chi connectivity index (χ2n) is 3.93. The van der Waals surface area contributed by atoms with Crippen molar-refractivity contribution in [2.24, 2.45) is 4.99 Å². The first kappa shape index (κ1) is 19.3. The third-order valence-corrected chi connectivity index (χ3v) is 1.93. The number of ether oxygens (including phenoxy) is 2. The molecule has 6 heteroatoms. The molecule has 0 N–H and O–H groups in total. The number of halogens is 1. The topological polar surface area (TPSA) is 37.3 Å². The standard InChI is InChI=1S/C11H25N3O2.HI/c1-13(2)11(14(3)4)12-7-6-8-16-10-9-15-5;/h6-10H2,1-5H3;1H. The Balaban J connectivity index is 0. The minimum Gasteiger partial charge on any atom is -0.382 e. The lowest BCUT2D eigenvalue weighted by atomic mass is 10.4. The summed E-state index contributed by atoms with van der Waals surface area (Å²) in [6.07, 6.45) is 0.939. The summed E-state index contributed by atoms with van der Waals surface area (Å²) < 4.78 is 10.2. The number of hydrogen-bond acceptors (Lipinski definition) is 3. The second-order valence-corrected chi connectivity index (χ2v) is 3.93. The molecule has 0 aliphatic rings. The lowest BCUT2D eigenvalue weighted by Crippen LogP contribution is -2.35. The van der Waals surface area contributed by atoms with E-state index in [1.165, 1.54) is 0 Å². The van der Waals surface area contributed by atoms with Crippen LogP contribution in [0.2, 0.25) is 0 Å². The fourth-order valence-electron chi connectivity index (χ4n) is 1.27. The van der Waals surface area contributed by atoms with E-state index in [1.807, 2.05) is 38.0 Å². The van der Waals surface area contributed by atoms with Crippen molar-refractivity contribution < 1.29 is 9.47 Å². The first-order valence-corrected chi connectivity index (χ1v) is 5.55. The predicted molar refractivity (Wildman–Crippen MR) is 82.4 cm³/mol. The molecule has 0 fully saturated rings. The Kier molecular flexibility index (Phi) is 14.0. The van der Waals surface area contributed by atoms with E-state index in [-0.39, 0.29) is 24.0 Å². The molecule has 0 aliphatic carbocycles. The Labute approximate surface area is 122 Å². The SMILES string of the molecule is COCCOCCCN=C(N(C)C)N(C)C.I. The number of methoxy groups -OCH3 is 1. The van der Waals surface area contributed by atoms with E-state index >= 15 is 0 Å². The maximum atomic E-state index is 5.36. The van der Waals surface area contributed by atoms with E-state index < -0.39 is 0 Å². The van der Waals surface area contributed by atoms with Crippen molar-refractivity contribution in [3.63, 3.8) is 0 Å². The van der Waals surface area contributed by atoms with Crippen molar-refractivity contribution in [1.29, 1.82) is 0 Å². The van der Waals surface area contributed by atoms with Crippen LogP contribution in [0.3, 0.4) is 0 Å². The molecule has 5 nitrogen and oxygen atoms in total. The molecular weight excluding hydrogens is 333 g/mol. The van der Waals surface area contributed by atoms with Crippen LogP contribution in [0, 0.1) is 0 Å². The van der Waals surface area contributed by atoms with Gasteiger partial charge in [0.1, 0.15) is 0 Å². The molecule has 0 spiro atoms. The van der Waals surface area contributed by atoms with Gasteiger partial charge in [0.15, 0.2) is 5.96 Å². The van der Waals surface area contributed by atoms with Gasteiger partial charge in [0.05, 0.1) is 13.2 Å². The summed E-state index contributed by atoms with van der Waals surface area (Å²) in [4.78, 5) is 8.51. The van der Waals surface area contributed by atoms with Crippen LogP contribution in [0.4, 0.5) is 0 Å². The van der Waals surface area contributed by atoms with Crippen LogP contribution in [-0.2, 0) is 9.47 Å². The number of nitrogens with zero attached hydrogens (tertiary/aromatic N) is 3. The lowest BCUT2D eigenvalue weighted by molar-refractivity contribution is 0.0702. The Hall–Kier alpha value is -0.0800. The largest absolute Gasteiger partial charge is 0.382 e. The molecule has 0 unspecified atom stereocenters. The van der Waals surface area contributed by atoms with Gasteiger partial charge in [0, 0.05) is 48.5 Å². The lowest BCUT2D eigenvalue weighted by Gasteiger charge is -2.22. The van der Waals surface area contributed by atoms with Gasteiger partial charge in [-0.1, -0.05) is 0 Å². The molecule has 0 aromatic carbocycles. The Morgan fingerprint density at radius 2 is 1.59 bits per heavy atom. The molecule has 0 atom stereocenters. The molecule has 0 aromatic heterocycles. The highest BCUT2D eigenvalue weighted by atomic mass is 127. The normalized spacial score (nSPS) is 9.47. The minimum absolute atomic E-state index is 0. The van der Waals surface area contributed by atoms with Gasteiger partial charge in [-0.05, 0) is 6.42 Å². The van der Waals surface area contributed by atoms with Crippen molar-refractivity contribution in [3.8, 4) is 0 Å². The first-order chi connectivity index (χ1) is 7.59. The number of hydrogen-bond donors (Lipinski definition) is 0. The fourth-order valence-corrected chi connectivity index (χ4v) is 1.27. The highest BCUT2D eigenvalue weighted by Crippen LogP contribution is 1.91. The Bertz CT molecular complexity index is 189. The first-order valence-electron chi connectivity index (χ1n) is 5.55. The van der Waals surface area contributed by atoms with Crippen LogP contribution >= 0.6 is 24.0 Å². The average molecular weight is 359 g/mol. The number of aliphatic imine (C=N–C) groups is 1. The molecule has 0 aliphatic heterocycles. The quantitative estimate of drug-likeness (QED) is 0.296. The molecule has 0 rings (SSSR count). The summed E-state index contributed by atoms with van der Waals surface area (Å²) in [7, 11) is 9.65. The average Bonchev–Trinajstić information content (AvgIpc) is 2.21. The van der Waals surface area contributed by atoms with Crippen LogP contribution in [0.5, 0.6) is 0 Å². The van der Waals surface area contributed by atoms with Crippen molar-refractivity contribution in [3.05, 3.63) is 0 Å². The van der Waals surface area contributed by atoms with Gasteiger partial charge in [-0.3, -0.25) is 4.99 Å². The molecule has 0 aromatic rings. The van der Waals surface area contributed by atoms with E-state index in [4.69, 9.17) is 9.47 Å². The molecule has 17 heavy (non-hydrogen) atoms. The fraction of sp³-hybridized carbons (Fsp3) is 0.909. The van der Waals surface area contributed by atoms with E-state index in [9.17, 15) is 0 Å². The van der Waals surface area contributed by atoms with Gasteiger partial charge in [0.2, 0.25) is 0 Å². The zero-order valence-corrected chi connectivity index (χ0v) is 13.9. The molecule has 0 saturated heterocycles. The van der Waals surface area contributed by atoms with E-state index in [1.54, 1.807) is 7.11 Å². The van der Waals surface area contributed by atoms with Crippen LogP contribution in [0.25, 0.3) is 0 Å². The van der Waals surface area contributed by atoms with Gasteiger partial charge in [-0.2, -0.15) is 0 Å². The van der Waals surface area contributed by atoms with Crippen LogP contribution in [0.1, 0.15) is 6.42 Å². The summed E-state index contributed by atoms with van der Waals surface area (Å²) in [6, 6.07) is 0. The minimum atomic E-state index is 0. The van der Waals surface area contributed by atoms with Crippen LogP contribution in [0.15, 0.2) is 4.99 Å². The Morgan fingerprint density at radius 3 is 2.06 bits per heavy atom. The molecule has 0 radical (unpaired) electrons. The molecule has 0 heterocycles. The van der Waals surface area contributed by atoms with E-state index in [0.29, 0.717) is 13.2 Å². The van der Waals surface area contributed by atoms with Crippen molar-refractivity contribution >= 4 is 29.9 Å². The van der Waals surface area contributed by atoms with Crippen LogP contribution < -0.4 is 0 Å². The van der Waals surface area contributed by atoms with Crippen LogP contribution in [-0.4, -0.2) is 77.4 Å². The van der Waals surface area contributed by atoms with Crippen molar-refractivity contribution in [2.75, 3.05) is 61.7 Å². The second kappa shape index (κ2) is 12.4. The number of rotatable bonds is 7. The molecule has 0 saturated carbocycles. The molecule has 104 valence electrons. The smallest absolute Gasteiger partial charge is 0.195 e. The Morgan fingerprint density at radius 1 is 1.00 bits per heavy atom. The maximum absolute atomic E-state index is 5.36. The zero-order chi connectivity index (χ0) is 12.4. The third kappa shape index (κ3) is 10.8. The van der Waals surface area contributed by atoms with Gasteiger partial charge < -0.3 is 19.3 Å². The van der Waals surface area contributed by atoms with Gasteiger partial charge in [-0.15, -0.1) is 24.0 Å². The maximum Gasteiger partial charge on any atom is 0.195 e. The number of guanidine groups is 1. The van der Waals surface area contributed by atoms with Crippen molar-refractivity contribution in [1.82, 2.24) is 9.80 Å². The van der Waals surface area contributed by atoms with Gasteiger partial charge >= 0.3 is 0 Å². The van der Waals surface area contributed by atoms with Crippen molar-refractivity contribution in [2.45, 2.75) is 6.42 Å². The summed E-state index contributed by atoms with van der Waals surface area (Å²) in [5.41, 5.74) is 0. The highest BCUT2D eigenvalue weighted by molar-refractivity contribution is 14.0. The molecular formula is C11H26IN3O2. The molecule has 0 amide bonds. The predicted octanol–water partition coefficient (Wildman–Crippen LogP) is 1.14. The van der Waals surface area contributed by atoms with E-state index in [0.717, 1.165) is 25.5 Å². The van der Waals surface area contributed by atoms with Gasteiger partial charge in [0.25, 0.3) is 0 Å².